The van der Waals surface area contributed by atoms with Crippen LogP contribution in [0.5, 0.6) is 5.75 Å². The van der Waals surface area contributed by atoms with Gasteiger partial charge >= 0.3 is 0 Å². The number of para-hydroxylation sites is 1. The Morgan fingerprint density at radius 2 is 2.00 bits per heavy atom. The average Bonchev–Trinajstić information content (AvgIpc) is 3.21. The highest BCUT2D eigenvalue weighted by Crippen LogP contribution is 2.29. The molecule has 0 aliphatic heterocycles. The van der Waals surface area contributed by atoms with Gasteiger partial charge in [0, 0.05) is 23.3 Å². The largest absolute Gasteiger partial charge is 0.484 e. The fourth-order valence-corrected chi connectivity index (χ4v) is 4.25. The molecule has 170 valence electrons. The molecule has 4 aromatic rings. The van der Waals surface area contributed by atoms with Gasteiger partial charge in [-0.15, -0.1) is 11.8 Å². The number of anilines is 1. The minimum Gasteiger partial charge on any atom is -0.484 e. The Hall–Kier alpha value is -3.59. The Kier molecular flexibility index (Phi) is 7.09. The molecule has 1 N–H and O–H groups in total. The van der Waals surface area contributed by atoms with E-state index in [-0.39, 0.29) is 18.1 Å². The first kappa shape index (κ1) is 22.6. The van der Waals surface area contributed by atoms with Crippen molar-refractivity contribution >= 4 is 29.1 Å². The van der Waals surface area contributed by atoms with Gasteiger partial charge in [-0.3, -0.25) is 14.3 Å². The molecule has 0 bridgehead atoms. The molecule has 33 heavy (non-hydrogen) atoms. The molecule has 0 saturated heterocycles. The highest BCUT2D eigenvalue weighted by molar-refractivity contribution is 7.98. The minimum atomic E-state index is -0.246. The van der Waals surface area contributed by atoms with Gasteiger partial charge in [-0.25, -0.2) is 4.98 Å². The van der Waals surface area contributed by atoms with Gasteiger partial charge in [-0.05, 0) is 43.2 Å². The van der Waals surface area contributed by atoms with E-state index in [0.717, 1.165) is 16.9 Å². The average molecular weight is 464 g/mol. The summed E-state index contributed by atoms with van der Waals surface area (Å²) < 4.78 is 8.84. The van der Waals surface area contributed by atoms with Crippen molar-refractivity contribution in [1.29, 1.82) is 0 Å². The number of thioether (sulfide) groups is 1. The topological polar surface area (TPSA) is 90.5 Å². The summed E-state index contributed by atoms with van der Waals surface area (Å²) in [6, 6.07) is 16.6. The zero-order valence-corrected chi connectivity index (χ0v) is 19.3. The zero-order chi connectivity index (χ0) is 23.2. The molecule has 2 aromatic carbocycles. The lowest BCUT2D eigenvalue weighted by atomic mass is 10.2. The molecule has 9 heteroatoms. The summed E-state index contributed by atoms with van der Waals surface area (Å²) >= 11 is 1.49. The molecule has 1 amide bonds. The second kappa shape index (κ2) is 10.4. The van der Waals surface area contributed by atoms with Crippen molar-refractivity contribution in [1.82, 2.24) is 19.2 Å². The van der Waals surface area contributed by atoms with Crippen LogP contribution in [0, 0.1) is 6.92 Å². The van der Waals surface area contributed by atoms with Gasteiger partial charge in [0.1, 0.15) is 12.1 Å². The van der Waals surface area contributed by atoms with E-state index in [1.807, 2.05) is 62.4 Å². The molecule has 0 aliphatic carbocycles. The molecule has 0 atom stereocenters. The summed E-state index contributed by atoms with van der Waals surface area (Å²) in [6.45, 7) is 4.63. The summed E-state index contributed by atoms with van der Waals surface area (Å²) in [4.78, 5) is 34.7. The van der Waals surface area contributed by atoms with Crippen LogP contribution in [0.1, 0.15) is 24.6 Å². The number of benzene rings is 2. The SMILES string of the molecule is CCCn1cnc2nc(CSc3ccccc3NC(=O)COc3cccc(C)c3)cc(=O)n21. The van der Waals surface area contributed by atoms with Gasteiger partial charge in [-0.1, -0.05) is 31.2 Å². The van der Waals surface area contributed by atoms with Crippen LogP contribution in [0.4, 0.5) is 5.69 Å². The number of nitrogens with zero attached hydrogens (tertiary/aromatic N) is 4. The van der Waals surface area contributed by atoms with Crippen LogP contribution in [0.15, 0.2) is 70.6 Å². The van der Waals surface area contributed by atoms with Gasteiger partial charge in [0.25, 0.3) is 17.2 Å². The van der Waals surface area contributed by atoms with E-state index in [9.17, 15) is 9.59 Å². The first-order chi connectivity index (χ1) is 16.0. The van der Waals surface area contributed by atoms with Crippen molar-refractivity contribution < 1.29 is 9.53 Å². The minimum absolute atomic E-state index is 0.0855. The Balaban J connectivity index is 1.41. The molecule has 0 fully saturated rings. The number of amides is 1. The third kappa shape index (κ3) is 5.61. The number of hydrogen-bond acceptors (Lipinski definition) is 6. The number of ether oxygens (including phenoxy) is 1. The van der Waals surface area contributed by atoms with E-state index in [0.29, 0.717) is 35.2 Å². The Morgan fingerprint density at radius 1 is 1.15 bits per heavy atom. The normalized spacial score (nSPS) is 11.0. The summed E-state index contributed by atoms with van der Waals surface area (Å²) in [7, 11) is 0. The summed E-state index contributed by atoms with van der Waals surface area (Å²) in [5.74, 6) is 1.27. The third-order valence-electron chi connectivity index (χ3n) is 4.84. The molecule has 0 spiro atoms. The van der Waals surface area contributed by atoms with Gasteiger partial charge in [0.2, 0.25) is 0 Å². The number of fused-ring (bicyclic) bond motifs is 1. The fourth-order valence-electron chi connectivity index (χ4n) is 3.35. The van der Waals surface area contributed by atoms with Crippen LogP contribution >= 0.6 is 11.8 Å². The first-order valence-corrected chi connectivity index (χ1v) is 11.7. The van der Waals surface area contributed by atoms with Crippen LogP contribution < -0.4 is 15.6 Å². The number of rotatable bonds is 9. The molecule has 4 rings (SSSR count). The number of aryl methyl sites for hydroxylation is 2. The van der Waals surface area contributed by atoms with Crippen LogP contribution in [-0.4, -0.2) is 31.7 Å². The lowest BCUT2D eigenvalue weighted by Gasteiger charge is -2.11. The quantitative estimate of drug-likeness (QED) is 0.379. The standard InChI is InChI=1S/C24H25N5O3S/c1-3-11-28-16-25-24-26-18(13-23(31)29(24)28)15-33-21-10-5-4-9-20(21)27-22(30)14-32-19-8-6-7-17(2)12-19/h4-10,12-13,16H,3,11,14-15H2,1-2H3,(H,27,30). The fraction of sp³-hybridized carbons (Fsp3) is 0.250. The predicted molar refractivity (Wildman–Crippen MR) is 129 cm³/mol. The lowest BCUT2D eigenvalue weighted by Crippen LogP contribution is -2.21. The maximum Gasteiger partial charge on any atom is 0.274 e. The second-order valence-electron chi connectivity index (χ2n) is 7.54. The van der Waals surface area contributed by atoms with Crippen LogP contribution in [-0.2, 0) is 17.1 Å². The van der Waals surface area contributed by atoms with Crippen molar-refractivity contribution in [3.8, 4) is 5.75 Å². The Labute approximate surface area is 195 Å². The van der Waals surface area contributed by atoms with Gasteiger partial charge in [0.05, 0.1) is 11.4 Å². The second-order valence-corrected chi connectivity index (χ2v) is 8.56. The van der Waals surface area contributed by atoms with Gasteiger partial charge < -0.3 is 10.1 Å². The van der Waals surface area contributed by atoms with Gasteiger partial charge in [-0.2, -0.15) is 9.50 Å². The van der Waals surface area contributed by atoms with E-state index in [1.165, 1.54) is 22.3 Å². The lowest BCUT2D eigenvalue weighted by molar-refractivity contribution is -0.118. The van der Waals surface area contributed by atoms with Crippen LogP contribution in [0.2, 0.25) is 0 Å². The molecule has 0 unspecified atom stereocenters. The van der Waals surface area contributed by atoms with E-state index >= 15 is 0 Å². The van der Waals surface area contributed by atoms with Crippen molar-refractivity contribution in [3.05, 3.63) is 82.5 Å². The molecule has 0 saturated carbocycles. The number of carbonyl (C=O) groups excluding carboxylic acids is 1. The van der Waals surface area contributed by atoms with Crippen molar-refractivity contribution in [2.45, 2.75) is 37.5 Å². The smallest absolute Gasteiger partial charge is 0.274 e. The van der Waals surface area contributed by atoms with Crippen molar-refractivity contribution in [3.63, 3.8) is 0 Å². The molecule has 0 radical (unpaired) electrons. The number of aromatic nitrogens is 4. The van der Waals surface area contributed by atoms with Gasteiger partial charge in [0.15, 0.2) is 6.61 Å². The van der Waals surface area contributed by atoms with Crippen molar-refractivity contribution in [2.24, 2.45) is 0 Å². The van der Waals surface area contributed by atoms with E-state index in [1.54, 1.807) is 11.0 Å². The molecule has 0 aliphatic rings. The molecular weight excluding hydrogens is 438 g/mol. The predicted octanol–water partition coefficient (Wildman–Crippen LogP) is 3.92. The van der Waals surface area contributed by atoms with Crippen LogP contribution in [0.25, 0.3) is 5.78 Å². The van der Waals surface area contributed by atoms with E-state index in [2.05, 4.69) is 15.3 Å². The molecular formula is C24H25N5O3S. The first-order valence-electron chi connectivity index (χ1n) is 10.7. The highest BCUT2D eigenvalue weighted by atomic mass is 32.2. The summed E-state index contributed by atoms with van der Waals surface area (Å²) in [5, 5.41) is 2.90. The van der Waals surface area contributed by atoms with Crippen molar-refractivity contribution in [2.75, 3.05) is 11.9 Å². The van der Waals surface area contributed by atoms with Crippen LogP contribution in [0.3, 0.4) is 0 Å². The number of hydrogen-bond donors (Lipinski definition) is 1. The Morgan fingerprint density at radius 3 is 2.82 bits per heavy atom. The maximum atomic E-state index is 12.6. The van der Waals surface area contributed by atoms with E-state index < -0.39 is 0 Å². The maximum absolute atomic E-state index is 12.6. The summed E-state index contributed by atoms with van der Waals surface area (Å²) in [5.41, 5.74) is 2.23. The zero-order valence-electron chi connectivity index (χ0n) is 18.5. The number of nitrogens with one attached hydrogen (secondary N) is 1. The monoisotopic (exact) mass is 463 g/mol. The molecule has 2 heterocycles. The highest BCUT2D eigenvalue weighted by Gasteiger charge is 2.11. The van der Waals surface area contributed by atoms with E-state index in [4.69, 9.17) is 4.74 Å². The molecule has 2 aromatic heterocycles. The third-order valence-corrected chi connectivity index (χ3v) is 5.95. The summed E-state index contributed by atoms with van der Waals surface area (Å²) in [6.07, 6.45) is 2.53. The molecule has 8 nitrogen and oxygen atoms in total. The Bertz CT molecular complexity index is 1330. The number of carbonyl (C=O) groups is 1.